The Hall–Kier alpha value is -3.79. The van der Waals surface area contributed by atoms with Gasteiger partial charge in [0.25, 0.3) is 0 Å². The van der Waals surface area contributed by atoms with Gasteiger partial charge in [0.2, 0.25) is 11.8 Å². The van der Waals surface area contributed by atoms with E-state index in [1.165, 1.54) is 19.1 Å². The first kappa shape index (κ1) is 21.5. The first-order valence-electron chi connectivity index (χ1n) is 8.93. The number of alkyl carbamates (subject to hydrolysis) is 1. The second kappa shape index (κ2) is 10.5. The van der Waals surface area contributed by atoms with Gasteiger partial charge in [-0.1, -0.05) is 42.3 Å². The summed E-state index contributed by atoms with van der Waals surface area (Å²) in [6.07, 6.45) is 4.91. The Morgan fingerprint density at radius 3 is 2.52 bits per heavy atom. The average Bonchev–Trinajstić information content (AvgIpc) is 2.73. The van der Waals surface area contributed by atoms with E-state index in [2.05, 4.69) is 21.3 Å². The van der Waals surface area contributed by atoms with Crippen LogP contribution in [0, 0.1) is 12.3 Å². The summed E-state index contributed by atoms with van der Waals surface area (Å²) in [5.41, 5.74) is 2.04. The van der Waals surface area contributed by atoms with Crippen molar-refractivity contribution in [3.63, 3.8) is 0 Å². The van der Waals surface area contributed by atoms with Gasteiger partial charge < -0.3 is 20.3 Å². The second-order valence-electron chi connectivity index (χ2n) is 6.35. The maximum Gasteiger partial charge on any atom is 0.407 e. The Morgan fingerprint density at radius 2 is 1.86 bits per heavy atom. The van der Waals surface area contributed by atoms with Crippen molar-refractivity contribution in [1.82, 2.24) is 10.2 Å². The van der Waals surface area contributed by atoms with Crippen LogP contribution in [0.4, 0.5) is 10.5 Å². The van der Waals surface area contributed by atoms with E-state index < -0.39 is 18.0 Å². The van der Waals surface area contributed by atoms with Crippen molar-refractivity contribution in [2.45, 2.75) is 12.5 Å². The highest BCUT2D eigenvalue weighted by Crippen LogP contribution is 2.10. The number of hydrogen-bond donors (Lipinski definition) is 2. The van der Waals surface area contributed by atoms with Crippen molar-refractivity contribution in [3.8, 4) is 12.3 Å². The van der Waals surface area contributed by atoms with Gasteiger partial charge in [-0.25, -0.2) is 4.79 Å². The van der Waals surface area contributed by atoms with Crippen molar-refractivity contribution < 1.29 is 19.1 Å². The van der Waals surface area contributed by atoms with Crippen molar-refractivity contribution in [2.24, 2.45) is 0 Å². The van der Waals surface area contributed by atoms with Gasteiger partial charge in [0.1, 0.15) is 6.04 Å². The van der Waals surface area contributed by atoms with E-state index in [9.17, 15) is 14.4 Å². The zero-order valence-corrected chi connectivity index (χ0v) is 16.3. The van der Waals surface area contributed by atoms with Crippen molar-refractivity contribution in [1.29, 1.82) is 0 Å². The third-order valence-corrected chi connectivity index (χ3v) is 4.13. The van der Waals surface area contributed by atoms with Gasteiger partial charge in [-0.2, -0.15) is 0 Å². The lowest BCUT2D eigenvalue weighted by atomic mass is 10.0. The minimum Gasteiger partial charge on any atom is -0.453 e. The second-order valence-corrected chi connectivity index (χ2v) is 6.35. The SMILES string of the molecule is C#Cc1cccc(NC(=O)CN(C)C(=O)C(Cc2ccccc2)NC(=O)OC)c1. The number of hydrogen-bond acceptors (Lipinski definition) is 4. The normalized spacial score (nSPS) is 10.9. The van der Waals surface area contributed by atoms with E-state index in [0.717, 1.165) is 5.56 Å². The fourth-order valence-electron chi connectivity index (χ4n) is 2.70. The highest BCUT2D eigenvalue weighted by atomic mass is 16.5. The van der Waals surface area contributed by atoms with Gasteiger partial charge in [0.15, 0.2) is 0 Å². The molecule has 1 unspecified atom stereocenters. The van der Waals surface area contributed by atoms with E-state index in [1.807, 2.05) is 30.3 Å². The topological polar surface area (TPSA) is 87.7 Å². The molecule has 0 heterocycles. The smallest absolute Gasteiger partial charge is 0.407 e. The minimum absolute atomic E-state index is 0.187. The van der Waals surface area contributed by atoms with Crippen LogP contribution in [-0.2, 0) is 20.7 Å². The lowest BCUT2D eigenvalue weighted by molar-refractivity contribution is -0.135. The summed E-state index contributed by atoms with van der Waals surface area (Å²) in [7, 11) is 2.72. The monoisotopic (exact) mass is 393 g/mol. The molecular weight excluding hydrogens is 370 g/mol. The molecule has 0 aliphatic heterocycles. The Kier molecular flexibility index (Phi) is 7.80. The molecule has 0 aliphatic rings. The molecule has 7 heteroatoms. The molecule has 1 atom stereocenters. The number of anilines is 1. The summed E-state index contributed by atoms with van der Waals surface area (Å²) < 4.78 is 4.61. The summed E-state index contributed by atoms with van der Waals surface area (Å²) in [5.74, 6) is 1.70. The number of likely N-dealkylation sites (N-methyl/N-ethyl adjacent to an activating group) is 1. The highest BCUT2D eigenvalue weighted by molar-refractivity contribution is 5.95. The predicted octanol–water partition coefficient (Wildman–Crippen LogP) is 2.03. The molecule has 2 aromatic rings. The van der Waals surface area contributed by atoms with E-state index in [-0.39, 0.29) is 18.9 Å². The third-order valence-electron chi connectivity index (χ3n) is 4.13. The number of nitrogens with one attached hydrogen (secondary N) is 2. The van der Waals surface area contributed by atoms with Crippen LogP contribution in [0.1, 0.15) is 11.1 Å². The van der Waals surface area contributed by atoms with Crippen LogP contribution >= 0.6 is 0 Å². The number of rotatable bonds is 7. The van der Waals surface area contributed by atoms with Gasteiger partial charge in [-0.05, 0) is 23.8 Å². The molecule has 0 fully saturated rings. The Balaban J connectivity index is 2.03. The van der Waals surface area contributed by atoms with Crippen LogP contribution in [0.15, 0.2) is 54.6 Å². The fourth-order valence-corrected chi connectivity index (χ4v) is 2.70. The minimum atomic E-state index is -0.868. The quantitative estimate of drug-likeness (QED) is 0.705. The number of nitrogens with zero attached hydrogens (tertiary/aromatic N) is 1. The van der Waals surface area contributed by atoms with Crippen LogP contribution in [0.25, 0.3) is 0 Å². The number of carbonyl (C=O) groups is 3. The molecular formula is C22H23N3O4. The molecule has 150 valence electrons. The summed E-state index contributed by atoms with van der Waals surface area (Å²) >= 11 is 0. The zero-order chi connectivity index (χ0) is 21.2. The van der Waals surface area contributed by atoms with Gasteiger partial charge in [0, 0.05) is 24.7 Å². The van der Waals surface area contributed by atoms with Gasteiger partial charge >= 0.3 is 6.09 Å². The molecule has 3 amide bonds. The average molecular weight is 393 g/mol. The van der Waals surface area contributed by atoms with Gasteiger partial charge in [0.05, 0.1) is 13.7 Å². The zero-order valence-electron chi connectivity index (χ0n) is 16.3. The number of carbonyl (C=O) groups excluding carboxylic acids is 3. The molecule has 2 N–H and O–H groups in total. The number of methoxy groups -OCH3 is 1. The standard InChI is InChI=1S/C22H23N3O4/c1-4-16-11-8-12-18(13-16)23-20(26)15-25(2)21(27)19(24-22(28)29-3)14-17-9-6-5-7-10-17/h1,5-13,19H,14-15H2,2-3H3,(H,23,26)(H,24,28). The Morgan fingerprint density at radius 1 is 1.14 bits per heavy atom. The molecule has 0 radical (unpaired) electrons. The molecule has 2 aromatic carbocycles. The van der Waals surface area contributed by atoms with E-state index in [4.69, 9.17) is 6.42 Å². The summed E-state index contributed by atoms with van der Waals surface area (Å²) in [6, 6.07) is 15.2. The molecule has 2 rings (SSSR count). The van der Waals surface area contributed by atoms with Gasteiger partial charge in [-0.3, -0.25) is 9.59 Å². The first-order valence-corrected chi connectivity index (χ1v) is 8.93. The van der Waals surface area contributed by atoms with Gasteiger partial charge in [-0.15, -0.1) is 6.42 Å². The first-order chi connectivity index (χ1) is 13.9. The van der Waals surface area contributed by atoms with Crippen LogP contribution in [0.3, 0.4) is 0 Å². The molecule has 0 bridgehead atoms. The number of amides is 3. The Labute approximate surface area is 170 Å². The lowest BCUT2D eigenvalue weighted by Crippen LogP contribution is -2.50. The molecule has 0 aliphatic carbocycles. The van der Waals surface area contributed by atoms with Crippen LogP contribution in [0.2, 0.25) is 0 Å². The summed E-state index contributed by atoms with van der Waals surface area (Å²) in [5, 5.41) is 5.23. The number of terminal acetylenes is 1. The van der Waals surface area contributed by atoms with Crippen LogP contribution in [0.5, 0.6) is 0 Å². The third kappa shape index (κ3) is 6.70. The largest absolute Gasteiger partial charge is 0.453 e. The highest BCUT2D eigenvalue weighted by Gasteiger charge is 2.26. The Bertz CT molecular complexity index is 906. The van der Waals surface area contributed by atoms with Crippen molar-refractivity contribution >= 4 is 23.6 Å². The molecule has 0 spiro atoms. The van der Waals surface area contributed by atoms with Crippen LogP contribution in [-0.4, -0.2) is 49.6 Å². The molecule has 0 aromatic heterocycles. The summed E-state index contributed by atoms with van der Waals surface area (Å²) in [4.78, 5) is 38.1. The summed E-state index contributed by atoms with van der Waals surface area (Å²) in [6.45, 7) is -0.187. The molecule has 0 saturated carbocycles. The maximum atomic E-state index is 12.8. The molecule has 0 saturated heterocycles. The number of benzene rings is 2. The fraction of sp³-hybridized carbons (Fsp3) is 0.227. The molecule has 29 heavy (non-hydrogen) atoms. The van der Waals surface area contributed by atoms with E-state index >= 15 is 0 Å². The van der Waals surface area contributed by atoms with Crippen molar-refractivity contribution in [2.75, 3.05) is 26.0 Å². The van der Waals surface area contributed by atoms with E-state index in [1.54, 1.807) is 24.3 Å². The number of ether oxygens (including phenoxy) is 1. The lowest BCUT2D eigenvalue weighted by Gasteiger charge is -2.24. The van der Waals surface area contributed by atoms with E-state index in [0.29, 0.717) is 11.3 Å². The molecule has 7 nitrogen and oxygen atoms in total. The predicted molar refractivity (Wildman–Crippen MR) is 110 cm³/mol. The maximum absolute atomic E-state index is 12.8. The van der Waals surface area contributed by atoms with Crippen LogP contribution < -0.4 is 10.6 Å². The van der Waals surface area contributed by atoms with Crippen molar-refractivity contribution in [3.05, 3.63) is 65.7 Å².